The van der Waals surface area contributed by atoms with E-state index in [2.05, 4.69) is 17.6 Å². The van der Waals surface area contributed by atoms with Gasteiger partial charge < -0.3 is 5.32 Å². The van der Waals surface area contributed by atoms with Gasteiger partial charge in [0.25, 0.3) is 0 Å². The summed E-state index contributed by atoms with van der Waals surface area (Å²) >= 11 is 1.95. The Balaban J connectivity index is 2.02. The summed E-state index contributed by atoms with van der Waals surface area (Å²) in [6.07, 6.45) is 6.09. The highest BCUT2D eigenvalue weighted by Crippen LogP contribution is 2.42. The average Bonchev–Trinajstić information content (AvgIpc) is 2.29. The van der Waals surface area contributed by atoms with Crippen molar-refractivity contribution in [3.8, 4) is 6.07 Å². The van der Waals surface area contributed by atoms with E-state index in [4.69, 9.17) is 5.26 Å². The van der Waals surface area contributed by atoms with E-state index in [1.54, 1.807) is 0 Å². The van der Waals surface area contributed by atoms with Gasteiger partial charge in [-0.05, 0) is 31.2 Å². The first-order chi connectivity index (χ1) is 7.79. The summed E-state index contributed by atoms with van der Waals surface area (Å²) in [7, 11) is 0. The summed E-state index contributed by atoms with van der Waals surface area (Å²) < 4.78 is 0.405. The van der Waals surface area contributed by atoms with Gasteiger partial charge in [0.1, 0.15) is 6.07 Å². The fraction of sp³-hybridized carbons (Fsp3) is 0.462. The molecule has 0 amide bonds. The molecular weight excluding hydrogens is 216 g/mol. The SMILES string of the molecule is CSC1(CNc2ccccc2C#N)CCC1. The van der Waals surface area contributed by atoms with Crippen LogP contribution in [0.2, 0.25) is 0 Å². The van der Waals surface area contributed by atoms with E-state index in [9.17, 15) is 0 Å². The van der Waals surface area contributed by atoms with Gasteiger partial charge in [-0.15, -0.1) is 0 Å². The van der Waals surface area contributed by atoms with Crippen molar-refractivity contribution in [2.75, 3.05) is 18.1 Å². The van der Waals surface area contributed by atoms with Crippen LogP contribution in [0.3, 0.4) is 0 Å². The van der Waals surface area contributed by atoms with Crippen molar-refractivity contribution in [2.24, 2.45) is 0 Å². The minimum absolute atomic E-state index is 0.405. The molecule has 0 saturated heterocycles. The van der Waals surface area contributed by atoms with Gasteiger partial charge in [-0.25, -0.2) is 0 Å². The molecule has 1 aliphatic carbocycles. The third kappa shape index (κ3) is 2.17. The number of nitriles is 1. The number of nitrogens with one attached hydrogen (secondary N) is 1. The summed E-state index contributed by atoms with van der Waals surface area (Å²) in [6.45, 7) is 0.965. The molecule has 1 aromatic rings. The minimum atomic E-state index is 0.405. The molecule has 1 saturated carbocycles. The Hall–Kier alpha value is -1.14. The second kappa shape index (κ2) is 4.80. The van der Waals surface area contributed by atoms with Gasteiger partial charge in [0.2, 0.25) is 0 Å². The molecule has 1 fully saturated rings. The van der Waals surface area contributed by atoms with Crippen LogP contribution < -0.4 is 5.32 Å². The first-order valence-electron chi connectivity index (χ1n) is 5.58. The molecule has 0 atom stereocenters. The van der Waals surface area contributed by atoms with Crippen molar-refractivity contribution < 1.29 is 0 Å². The second-order valence-corrected chi connectivity index (χ2v) is 5.53. The maximum atomic E-state index is 8.98. The Morgan fingerprint density at radius 1 is 1.44 bits per heavy atom. The molecule has 1 aromatic carbocycles. The van der Waals surface area contributed by atoms with Crippen molar-refractivity contribution in [2.45, 2.75) is 24.0 Å². The van der Waals surface area contributed by atoms with E-state index in [0.717, 1.165) is 17.8 Å². The third-order valence-corrected chi connectivity index (χ3v) is 4.76. The number of anilines is 1. The largest absolute Gasteiger partial charge is 0.383 e. The van der Waals surface area contributed by atoms with Gasteiger partial charge in [-0.1, -0.05) is 18.6 Å². The first kappa shape index (κ1) is 11.3. The van der Waals surface area contributed by atoms with Gasteiger partial charge in [0.15, 0.2) is 0 Å². The summed E-state index contributed by atoms with van der Waals surface area (Å²) in [6, 6.07) is 9.92. The molecule has 0 unspecified atom stereocenters. The number of hydrogen-bond acceptors (Lipinski definition) is 3. The van der Waals surface area contributed by atoms with Crippen LogP contribution in [-0.4, -0.2) is 17.5 Å². The molecule has 1 aliphatic rings. The number of benzene rings is 1. The van der Waals surface area contributed by atoms with Gasteiger partial charge in [-0.2, -0.15) is 17.0 Å². The van der Waals surface area contributed by atoms with Gasteiger partial charge in [0.05, 0.1) is 11.3 Å². The van der Waals surface area contributed by atoms with Crippen molar-refractivity contribution in [3.05, 3.63) is 29.8 Å². The monoisotopic (exact) mass is 232 g/mol. The predicted octanol–water partition coefficient (Wildman–Crippen LogP) is 3.26. The van der Waals surface area contributed by atoms with E-state index < -0.39 is 0 Å². The van der Waals surface area contributed by atoms with Crippen LogP contribution in [0.15, 0.2) is 24.3 Å². The summed E-state index contributed by atoms with van der Waals surface area (Å²) in [5.41, 5.74) is 1.70. The molecule has 2 nitrogen and oxygen atoms in total. The number of hydrogen-bond donors (Lipinski definition) is 1. The normalized spacial score (nSPS) is 17.2. The lowest BCUT2D eigenvalue weighted by Gasteiger charge is -2.40. The van der Waals surface area contributed by atoms with Gasteiger partial charge >= 0.3 is 0 Å². The van der Waals surface area contributed by atoms with Crippen LogP contribution in [0.1, 0.15) is 24.8 Å². The Bertz CT molecular complexity index is 399. The lowest BCUT2D eigenvalue weighted by atomic mass is 9.84. The highest BCUT2D eigenvalue weighted by Gasteiger charge is 2.35. The maximum Gasteiger partial charge on any atom is 0.101 e. The molecule has 16 heavy (non-hydrogen) atoms. The smallest absolute Gasteiger partial charge is 0.101 e. The zero-order valence-electron chi connectivity index (χ0n) is 9.49. The second-order valence-electron chi connectivity index (χ2n) is 4.25. The minimum Gasteiger partial charge on any atom is -0.383 e. The first-order valence-corrected chi connectivity index (χ1v) is 6.80. The van der Waals surface area contributed by atoms with Crippen molar-refractivity contribution >= 4 is 17.4 Å². The fourth-order valence-electron chi connectivity index (χ4n) is 2.02. The molecular formula is C13H16N2S. The average molecular weight is 232 g/mol. The lowest BCUT2D eigenvalue weighted by Crippen LogP contribution is -2.40. The Morgan fingerprint density at radius 2 is 2.19 bits per heavy atom. The topological polar surface area (TPSA) is 35.8 Å². The maximum absolute atomic E-state index is 8.98. The fourth-order valence-corrected chi connectivity index (χ4v) is 2.93. The lowest BCUT2D eigenvalue weighted by molar-refractivity contribution is 0.380. The van der Waals surface area contributed by atoms with Crippen molar-refractivity contribution in [3.63, 3.8) is 0 Å². The Labute approximate surface area is 101 Å². The third-order valence-electron chi connectivity index (χ3n) is 3.35. The standard InChI is InChI=1S/C13H16N2S/c1-16-13(7-4-8-13)10-15-12-6-3-2-5-11(12)9-14/h2-3,5-6,15H,4,7-8,10H2,1H3. The number of rotatable bonds is 4. The van der Waals surface area contributed by atoms with E-state index in [0.29, 0.717) is 4.75 Å². The van der Waals surface area contributed by atoms with Crippen LogP contribution >= 0.6 is 11.8 Å². The van der Waals surface area contributed by atoms with Crippen molar-refractivity contribution in [1.29, 1.82) is 5.26 Å². The highest BCUT2D eigenvalue weighted by molar-refractivity contribution is 8.00. The van der Waals surface area contributed by atoms with Gasteiger partial charge in [0, 0.05) is 11.3 Å². The molecule has 1 N–H and O–H groups in total. The molecule has 0 radical (unpaired) electrons. The molecule has 0 spiro atoms. The van der Waals surface area contributed by atoms with E-state index in [1.807, 2.05) is 36.0 Å². The van der Waals surface area contributed by atoms with Crippen LogP contribution in [0.25, 0.3) is 0 Å². The summed E-state index contributed by atoms with van der Waals surface area (Å²) in [4.78, 5) is 0. The quantitative estimate of drug-likeness (QED) is 0.865. The van der Waals surface area contributed by atoms with Gasteiger partial charge in [-0.3, -0.25) is 0 Å². The molecule has 0 bridgehead atoms. The van der Waals surface area contributed by atoms with Crippen LogP contribution in [0, 0.1) is 11.3 Å². The van der Waals surface area contributed by atoms with E-state index in [1.165, 1.54) is 19.3 Å². The van der Waals surface area contributed by atoms with Crippen LogP contribution in [-0.2, 0) is 0 Å². The predicted molar refractivity (Wildman–Crippen MR) is 69.7 cm³/mol. The van der Waals surface area contributed by atoms with Crippen LogP contribution in [0.4, 0.5) is 5.69 Å². The molecule has 0 heterocycles. The Kier molecular flexibility index (Phi) is 3.40. The van der Waals surface area contributed by atoms with E-state index >= 15 is 0 Å². The molecule has 0 aliphatic heterocycles. The molecule has 0 aromatic heterocycles. The summed E-state index contributed by atoms with van der Waals surface area (Å²) in [5, 5.41) is 12.4. The number of nitrogens with zero attached hydrogens (tertiary/aromatic N) is 1. The molecule has 3 heteroatoms. The number of thioether (sulfide) groups is 1. The zero-order chi connectivity index (χ0) is 11.4. The van der Waals surface area contributed by atoms with Crippen molar-refractivity contribution in [1.82, 2.24) is 0 Å². The number of para-hydroxylation sites is 1. The highest BCUT2D eigenvalue weighted by atomic mass is 32.2. The molecule has 2 rings (SSSR count). The summed E-state index contributed by atoms with van der Waals surface area (Å²) in [5.74, 6) is 0. The molecule has 84 valence electrons. The van der Waals surface area contributed by atoms with Crippen LogP contribution in [0.5, 0.6) is 0 Å². The Morgan fingerprint density at radius 3 is 2.75 bits per heavy atom. The zero-order valence-corrected chi connectivity index (χ0v) is 10.3. The van der Waals surface area contributed by atoms with E-state index in [-0.39, 0.29) is 0 Å².